The van der Waals surface area contributed by atoms with E-state index in [9.17, 15) is 9.59 Å². The number of ether oxygens (including phenoxy) is 1. The lowest BCUT2D eigenvalue weighted by atomic mass is 9.80. The summed E-state index contributed by atoms with van der Waals surface area (Å²) >= 11 is 0. The molecule has 2 aliphatic carbocycles. The molecule has 3 heteroatoms. The minimum atomic E-state index is -0.926. The second-order valence-corrected chi connectivity index (χ2v) is 6.28. The molecule has 110 valence electrons. The average molecular weight is 292 g/mol. The van der Waals surface area contributed by atoms with E-state index in [0.717, 1.165) is 22.4 Å². The lowest BCUT2D eigenvalue weighted by Gasteiger charge is -2.18. The molecule has 1 atom stereocenters. The lowest BCUT2D eigenvalue weighted by molar-refractivity contribution is 0.0705. The number of rotatable bonds is 1. The predicted octanol–water partition coefficient (Wildman–Crippen LogP) is 3.17. The predicted molar refractivity (Wildman–Crippen MR) is 82.7 cm³/mol. The maximum atomic E-state index is 12.9. The zero-order chi connectivity index (χ0) is 15.5. The highest BCUT2D eigenvalue weighted by atomic mass is 16.5. The molecule has 22 heavy (non-hydrogen) atoms. The third kappa shape index (κ3) is 1.56. The van der Waals surface area contributed by atoms with E-state index in [4.69, 9.17) is 4.74 Å². The lowest BCUT2D eigenvalue weighted by Crippen LogP contribution is -2.34. The van der Waals surface area contributed by atoms with E-state index in [0.29, 0.717) is 24.0 Å². The normalized spacial score (nSPS) is 22.1. The molecular formula is C19H16O3. The van der Waals surface area contributed by atoms with Crippen LogP contribution >= 0.6 is 0 Å². The van der Waals surface area contributed by atoms with E-state index >= 15 is 0 Å². The van der Waals surface area contributed by atoms with Crippen LogP contribution < -0.4 is 4.74 Å². The van der Waals surface area contributed by atoms with Gasteiger partial charge in [0.05, 0.1) is 7.11 Å². The van der Waals surface area contributed by atoms with Gasteiger partial charge in [-0.25, -0.2) is 0 Å². The fourth-order valence-corrected chi connectivity index (χ4v) is 3.81. The molecule has 0 unspecified atom stereocenters. The van der Waals surface area contributed by atoms with E-state index in [2.05, 4.69) is 0 Å². The first-order valence-corrected chi connectivity index (χ1v) is 7.41. The van der Waals surface area contributed by atoms with Gasteiger partial charge >= 0.3 is 0 Å². The molecule has 1 spiro atoms. The van der Waals surface area contributed by atoms with Crippen LogP contribution in [0.4, 0.5) is 0 Å². The summed E-state index contributed by atoms with van der Waals surface area (Å²) in [6.07, 6.45) is 0.990. The fraction of sp³-hybridized carbons (Fsp3) is 0.263. The summed E-state index contributed by atoms with van der Waals surface area (Å²) in [5.41, 5.74) is 3.48. The third-order valence-electron chi connectivity index (χ3n) is 4.92. The number of hydrogen-bond donors (Lipinski definition) is 0. The van der Waals surface area contributed by atoms with Crippen molar-refractivity contribution in [2.45, 2.75) is 19.8 Å². The summed E-state index contributed by atoms with van der Waals surface area (Å²) in [7, 11) is 1.60. The Balaban J connectivity index is 1.82. The molecular weight excluding hydrogens is 276 g/mol. The summed E-state index contributed by atoms with van der Waals surface area (Å²) in [6, 6.07) is 11.3. The van der Waals surface area contributed by atoms with Crippen LogP contribution in [-0.4, -0.2) is 18.7 Å². The number of aryl methyl sites for hydroxylation is 1. The molecule has 2 aromatic carbocycles. The van der Waals surface area contributed by atoms with Gasteiger partial charge in [0, 0.05) is 11.1 Å². The topological polar surface area (TPSA) is 43.4 Å². The minimum Gasteiger partial charge on any atom is -0.497 e. The van der Waals surface area contributed by atoms with E-state index in [1.807, 2.05) is 31.2 Å². The Morgan fingerprint density at radius 1 is 0.909 bits per heavy atom. The monoisotopic (exact) mass is 292 g/mol. The van der Waals surface area contributed by atoms with E-state index in [1.165, 1.54) is 0 Å². The number of carbonyl (C=O) groups is 2. The molecule has 0 amide bonds. The van der Waals surface area contributed by atoms with Crippen molar-refractivity contribution in [2.24, 2.45) is 5.41 Å². The Bertz CT molecular complexity index is 835. The summed E-state index contributed by atoms with van der Waals surface area (Å²) in [5, 5.41) is 0. The van der Waals surface area contributed by atoms with Crippen molar-refractivity contribution in [3.63, 3.8) is 0 Å². The quantitative estimate of drug-likeness (QED) is 0.758. The van der Waals surface area contributed by atoms with E-state index in [-0.39, 0.29) is 11.6 Å². The zero-order valence-corrected chi connectivity index (χ0v) is 12.6. The first kappa shape index (κ1) is 13.3. The summed E-state index contributed by atoms with van der Waals surface area (Å²) in [5.74, 6) is 0.661. The van der Waals surface area contributed by atoms with Crippen LogP contribution in [-0.2, 0) is 12.8 Å². The van der Waals surface area contributed by atoms with Gasteiger partial charge in [0.15, 0.2) is 11.6 Å². The summed E-state index contributed by atoms with van der Waals surface area (Å²) in [4.78, 5) is 25.8. The average Bonchev–Trinajstić information content (AvgIpc) is 2.94. The number of Topliss-reactive ketones (excluding diaryl/α,β-unsaturated/α-hetero) is 2. The number of methoxy groups -OCH3 is 1. The van der Waals surface area contributed by atoms with Crippen molar-refractivity contribution >= 4 is 11.6 Å². The van der Waals surface area contributed by atoms with Crippen molar-refractivity contribution in [2.75, 3.05) is 7.11 Å². The van der Waals surface area contributed by atoms with Crippen LogP contribution in [0, 0.1) is 12.3 Å². The van der Waals surface area contributed by atoms with Crippen LogP contribution in [0.5, 0.6) is 5.75 Å². The van der Waals surface area contributed by atoms with E-state index < -0.39 is 5.41 Å². The molecule has 4 rings (SSSR count). The highest BCUT2D eigenvalue weighted by Gasteiger charge is 2.55. The van der Waals surface area contributed by atoms with Crippen LogP contribution in [0.15, 0.2) is 36.4 Å². The second-order valence-electron chi connectivity index (χ2n) is 6.28. The highest BCUT2D eigenvalue weighted by molar-refractivity contribution is 6.24. The molecule has 2 aromatic rings. The van der Waals surface area contributed by atoms with Gasteiger partial charge in [-0.05, 0) is 49.1 Å². The fourth-order valence-electron chi connectivity index (χ4n) is 3.81. The van der Waals surface area contributed by atoms with Gasteiger partial charge in [0.25, 0.3) is 0 Å². The summed E-state index contributed by atoms with van der Waals surface area (Å²) < 4.78 is 5.23. The van der Waals surface area contributed by atoms with Gasteiger partial charge in [-0.15, -0.1) is 0 Å². The molecule has 0 aliphatic heterocycles. The van der Waals surface area contributed by atoms with Crippen molar-refractivity contribution in [3.05, 3.63) is 64.2 Å². The maximum absolute atomic E-state index is 12.9. The molecule has 0 N–H and O–H groups in total. The number of carbonyl (C=O) groups excluding carboxylic acids is 2. The van der Waals surface area contributed by atoms with Crippen LogP contribution in [0.25, 0.3) is 0 Å². The first-order valence-electron chi connectivity index (χ1n) is 7.41. The molecule has 0 heterocycles. The standard InChI is InChI=1S/C19H16O3/c1-11-3-5-15-12(7-11)9-19(17(15)20)10-13-8-14(22-2)4-6-16(13)18(19)21/h3-8H,9-10H2,1-2H3/t19-/m0/s1. The number of benzene rings is 2. The molecule has 0 saturated carbocycles. The van der Waals surface area contributed by atoms with Gasteiger partial charge in [-0.2, -0.15) is 0 Å². The maximum Gasteiger partial charge on any atom is 0.177 e. The molecule has 0 fully saturated rings. The van der Waals surface area contributed by atoms with Gasteiger partial charge < -0.3 is 4.74 Å². The van der Waals surface area contributed by atoms with Crippen molar-refractivity contribution in [1.29, 1.82) is 0 Å². The van der Waals surface area contributed by atoms with Crippen molar-refractivity contribution in [3.8, 4) is 5.75 Å². The van der Waals surface area contributed by atoms with Gasteiger partial charge in [-0.3, -0.25) is 9.59 Å². The van der Waals surface area contributed by atoms with Crippen LogP contribution in [0.2, 0.25) is 0 Å². The smallest absolute Gasteiger partial charge is 0.177 e. The van der Waals surface area contributed by atoms with Crippen LogP contribution in [0.3, 0.4) is 0 Å². The molecule has 0 saturated heterocycles. The summed E-state index contributed by atoms with van der Waals surface area (Å²) in [6.45, 7) is 2.01. The minimum absolute atomic E-state index is 0.0253. The zero-order valence-electron chi connectivity index (χ0n) is 12.6. The SMILES string of the molecule is COc1ccc2c(c1)C[C@]1(Cc3cc(C)ccc3C1=O)C2=O. The molecule has 2 aliphatic rings. The van der Waals surface area contributed by atoms with Gasteiger partial charge in [-0.1, -0.05) is 23.8 Å². The Morgan fingerprint density at radius 3 is 2.14 bits per heavy atom. The Hall–Kier alpha value is -2.42. The molecule has 0 radical (unpaired) electrons. The second kappa shape index (κ2) is 4.29. The third-order valence-corrected chi connectivity index (χ3v) is 4.92. The molecule has 0 aromatic heterocycles. The Kier molecular flexibility index (Phi) is 2.59. The number of hydrogen-bond acceptors (Lipinski definition) is 3. The highest BCUT2D eigenvalue weighted by Crippen LogP contribution is 2.47. The van der Waals surface area contributed by atoms with Gasteiger partial charge in [0.2, 0.25) is 0 Å². The van der Waals surface area contributed by atoms with Crippen molar-refractivity contribution in [1.82, 2.24) is 0 Å². The molecule has 3 nitrogen and oxygen atoms in total. The number of ketones is 2. The Morgan fingerprint density at radius 2 is 1.50 bits per heavy atom. The first-order chi connectivity index (χ1) is 10.5. The van der Waals surface area contributed by atoms with Crippen molar-refractivity contribution < 1.29 is 14.3 Å². The van der Waals surface area contributed by atoms with E-state index in [1.54, 1.807) is 19.2 Å². The molecule has 0 bridgehead atoms. The largest absolute Gasteiger partial charge is 0.497 e. The van der Waals surface area contributed by atoms with Crippen LogP contribution in [0.1, 0.15) is 37.4 Å². The number of fused-ring (bicyclic) bond motifs is 2. The van der Waals surface area contributed by atoms with Gasteiger partial charge in [0.1, 0.15) is 11.2 Å². The Labute approximate surface area is 128 Å².